The number of aromatic nitrogens is 2. The zero-order valence-electron chi connectivity index (χ0n) is 10.8. The molecular formula is C13H22N4. The lowest BCUT2D eigenvalue weighted by Gasteiger charge is -2.33. The Morgan fingerprint density at radius 1 is 1.29 bits per heavy atom. The van der Waals surface area contributed by atoms with E-state index in [4.69, 9.17) is 5.73 Å². The lowest BCUT2D eigenvalue weighted by Crippen LogP contribution is -2.35. The first-order valence-corrected chi connectivity index (χ1v) is 6.60. The van der Waals surface area contributed by atoms with Crippen molar-refractivity contribution in [1.82, 2.24) is 9.97 Å². The quantitative estimate of drug-likeness (QED) is 0.871. The highest BCUT2D eigenvalue weighted by Crippen LogP contribution is 2.27. The van der Waals surface area contributed by atoms with E-state index in [1.807, 2.05) is 0 Å². The highest BCUT2D eigenvalue weighted by molar-refractivity contribution is 5.56. The number of nitrogen functional groups attached to an aromatic ring is 1. The number of hydrogen-bond acceptors (Lipinski definition) is 4. The van der Waals surface area contributed by atoms with Crippen molar-refractivity contribution in [3.05, 3.63) is 11.9 Å². The van der Waals surface area contributed by atoms with Crippen LogP contribution in [0.4, 0.5) is 11.6 Å². The second kappa shape index (κ2) is 5.34. The molecule has 1 aliphatic rings. The Kier molecular flexibility index (Phi) is 3.82. The van der Waals surface area contributed by atoms with Gasteiger partial charge in [0.25, 0.3) is 0 Å². The van der Waals surface area contributed by atoms with E-state index in [0.717, 1.165) is 36.8 Å². The molecule has 4 heteroatoms. The van der Waals surface area contributed by atoms with Gasteiger partial charge < -0.3 is 10.6 Å². The van der Waals surface area contributed by atoms with Gasteiger partial charge in [-0.3, -0.25) is 0 Å². The molecule has 0 amide bonds. The molecule has 2 rings (SSSR count). The predicted molar refractivity (Wildman–Crippen MR) is 71.1 cm³/mol. The third-order valence-electron chi connectivity index (χ3n) is 3.80. The summed E-state index contributed by atoms with van der Waals surface area (Å²) in [5.41, 5.74) is 7.01. The monoisotopic (exact) mass is 234 g/mol. The molecule has 0 bridgehead atoms. The molecule has 1 aliphatic heterocycles. The summed E-state index contributed by atoms with van der Waals surface area (Å²) in [6.45, 7) is 6.59. The zero-order chi connectivity index (χ0) is 12.3. The fourth-order valence-corrected chi connectivity index (χ4v) is 2.58. The Hall–Kier alpha value is -1.32. The Labute approximate surface area is 103 Å². The third kappa shape index (κ3) is 2.51. The Balaban J connectivity index is 2.15. The molecule has 1 fully saturated rings. The van der Waals surface area contributed by atoms with E-state index in [1.165, 1.54) is 19.3 Å². The molecule has 1 aromatic rings. The van der Waals surface area contributed by atoms with Gasteiger partial charge in [-0.05, 0) is 25.2 Å². The molecule has 0 radical (unpaired) electrons. The highest BCUT2D eigenvalue weighted by Gasteiger charge is 2.21. The molecule has 0 aromatic carbocycles. The maximum atomic E-state index is 5.91. The predicted octanol–water partition coefficient (Wildman–Crippen LogP) is 2.25. The van der Waals surface area contributed by atoms with E-state index >= 15 is 0 Å². The molecule has 0 unspecified atom stereocenters. The van der Waals surface area contributed by atoms with Gasteiger partial charge in [0.2, 0.25) is 0 Å². The summed E-state index contributed by atoms with van der Waals surface area (Å²) in [7, 11) is 0. The number of nitrogens with two attached hydrogens (primary N) is 1. The van der Waals surface area contributed by atoms with Crippen LogP contribution in [0.3, 0.4) is 0 Å². The van der Waals surface area contributed by atoms with E-state index in [0.29, 0.717) is 5.82 Å². The van der Waals surface area contributed by atoms with Crippen LogP contribution < -0.4 is 10.6 Å². The van der Waals surface area contributed by atoms with Crippen LogP contribution in [0, 0.1) is 5.92 Å². The van der Waals surface area contributed by atoms with Gasteiger partial charge in [-0.1, -0.05) is 20.3 Å². The smallest absolute Gasteiger partial charge is 0.137 e. The fraction of sp³-hybridized carbons (Fsp3) is 0.692. The van der Waals surface area contributed by atoms with E-state index in [1.54, 1.807) is 6.33 Å². The van der Waals surface area contributed by atoms with Crippen molar-refractivity contribution in [3.63, 3.8) is 0 Å². The van der Waals surface area contributed by atoms with Gasteiger partial charge in [0, 0.05) is 18.7 Å². The molecule has 4 nitrogen and oxygen atoms in total. The van der Waals surface area contributed by atoms with Gasteiger partial charge in [-0.2, -0.15) is 0 Å². The summed E-state index contributed by atoms with van der Waals surface area (Å²) in [4.78, 5) is 10.9. The van der Waals surface area contributed by atoms with Gasteiger partial charge in [0.1, 0.15) is 18.0 Å². The zero-order valence-corrected chi connectivity index (χ0v) is 10.8. The van der Waals surface area contributed by atoms with E-state index < -0.39 is 0 Å². The minimum absolute atomic E-state index is 0.634. The lowest BCUT2D eigenvalue weighted by molar-refractivity contribution is 0.393. The van der Waals surface area contributed by atoms with E-state index in [2.05, 4.69) is 28.7 Å². The molecule has 94 valence electrons. The van der Waals surface area contributed by atoms with Crippen molar-refractivity contribution in [3.8, 4) is 0 Å². The summed E-state index contributed by atoms with van der Waals surface area (Å²) in [5, 5.41) is 0. The van der Waals surface area contributed by atoms with Crippen molar-refractivity contribution in [2.45, 2.75) is 39.5 Å². The van der Waals surface area contributed by atoms with Crippen LogP contribution in [-0.2, 0) is 6.42 Å². The normalized spacial score (nSPS) is 17.4. The van der Waals surface area contributed by atoms with Crippen LogP contribution in [0.25, 0.3) is 0 Å². The highest BCUT2D eigenvalue weighted by atomic mass is 15.2. The first-order valence-electron chi connectivity index (χ1n) is 6.60. The fourth-order valence-electron chi connectivity index (χ4n) is 2.58. The lowest BCUT2D eigenvalue weighted by atomic mass is 9.94. The first-order chi connectivity index (χ1) is 8.26. The summed E-state index contributed by atoms with van der Waals surface area (Å²) in [6.07, 6.45) is 6.30. The van der Waals surface area contributed by atoms with Crippen molar-refractivity contribution in [2.75, 3.05) is 23.7 Å². The van der Waals surface area contributed by atoms with E-state index in [-0.39, 0.29) is 0 Å². The van der Waals surface area contributed by atoms with Gasteiger partial charge >= 0.3 is 0 Å². The van der Waals surface area contributed by atoms with Crippen molar-refractivity contribution in [1.29, 1.82) is 0 Å². The van der Waals surface area contributed by atoms with Crippen LogP contribution in [-0.4, -0.2) is 23.1 Å². The Morgan fingerprint density at radius 3 is 2.59 bits per heavy atom. The minimum atomic E-state index is 0.634. The second-order valence-corrected chi connectivity index (χ2v) is 4.75. The van der Waals surface area contributed by atoms with Crippen molar-refractivity contribution >= 4 is 11.6 Å². The van der Waals surface area contributed by atoms with Crippen LogP contribution in [0.2, 0.25) is 0 Å². The topological polar surface area (TPSA) is 55.0 Å². The van der Waals surface area contributed by atoms with Crippen LogP contribution >= 0.6 is 0 Å². The van der Waals surface area contributed by atoms with Crippen LogP contribution in [0.1, 0.15) is 38.7 Å². The first kappa shape index (κ1) is 12.1. The van der Waals surface area contributed by atoms with Crippen molar-refractivity contribution in [2.24, 2.45) is 5.92 Å². The summed E-state index contributed by atoms with van der Waals surface area (Å²) >= 11 is 0. The summed E-state index contributed by atoms with van der Waals surface area (Å²) in [6, 6.07) is 0. The van der Waals surface area contributed by atoms with Gasteiger partial charge in [-0.25, -0.2) is 9.97 Å². The number of nitrogens with zero attached hydrogens (tertiary/aromatic N) is 3. The SMILES string of the molecule is CCc1c(N)ncnc1N1CCC(CC)CC1. The molecule has 0 atom stereocenters. The number of piperidine rings is 1. The van der Waals surface area contributed by atoms with Crippen LogP contribution in [0.15, 0.2) is 6.33 Å². The number of rotatable bonds is 3. The minimum Gasteiger partial charge on any atom is -0.383 e. The number of anilines is 2. The molecule has 2 N–H and O–H groups in total. The molecule has 1 aromatic heterocycles. The average molecular weight is 234 g/mol. The molecule has 0 aliphatic carbocycles. The van der Waals surface area contributed by atoms with Gasteiger partial charge in [0.05, 0.1) is 0 Å². The maximum absolute atomic E-state index is 5.91. The summed E-state index contributed by atoms with van der Waals surface area (Å²) in [5.74, 6) is 2.57. The molecular weight excluding hydrogens is 212 g/mol. The largest absolute Gasteiger partial charge is 0.383 e. The Morgan fingerprint density at radius 2 is 2.00 bits per heavy atom. The molecule has 0 spiro atoms. The molecule has 0 saturated carbocycles. The van der Waals surface area contributed by atoms with E-state index in [9.17, 15) is 0 Å². The van der Waals surface area contributed by atoms with Crippen molar-refractivity contribution < 1.29 is 0 Å². The number of hydrogen-bond donors (Lipinski definition) is 1. The van der Waals surface area contributed by atoms with Gasteiger partial charge in [0.15, 0.2) is 0 Å². The molecule has 17 heavy (non-hydrogen) atoms. The second-order valence-electron chi connectivity index (χ2n) is 4.75. The molecule has 2 heterocycles. The molecule has 1 saturated heterocycles. The summed E-state index contributed by atoms with van der Waals surface area (Å²) < 4.78 is 0. The standard InChI is InChI=1S/C13H22N4/c1-3-10-5-7-17(8-6-10)13-11(4-2)12(14)15-9-16-13/h9-10H,3-8H2,1-2H3,(H2,14,15,16). The average Bonchev–Trinajstić information content (AvgIpc) is 2.38. The third-order valence-corrected chi connectivity index (χ3v) is 3.80. The van der Waals surface area contributed by atoms with Gasteiger partial charge in [-0.15, -0.1) is 0 Å². The maximum Gasteiger partial charge on any atom is 0.137 e. The van der Waals surface area contributed by atoms with Crippen LogP contribution in [0.5, 0.6) is 0 Å². The Bertz CT molecular complexity index is 370.